The van der Waals surface area contributed by atoms with Crippen LogP contribution in [0.15, 0.2) is 23.3 Å². The molecule has 0 spiro atoms. The van der Waals surface area contributed by atoms with Gasteiger partial charge in [0.05, 0.1) is 5.60 Å². The summed E-state index contributed by atoms with van der Waals surface area (Å²) in [6, 6.07) is 0. The number of rotatable bonds is 1. The Balaban J connectivity index is 2.89. The van der Waals surface area contributed by atoms with Crippen LogP contribution in [-0.2, 0) is 4.74 Å². The molecular formula is C10H15O. The predicted octanol–water partition coefficient (Wildman–Crippen LogP) is 2.50. The lowest BCUT2D eigenvalue weighted by molar-refractivity contribution is 0.0678. The molecule has 1 heteroatoms. The molecule has 0 heterocycles. The predicted molar refractivity (Wildman–Crippen MR) is 47.2 cm³/mol. The molecule has 0 N–H and O–H groups in total. The average Bonchev–Trinajstić information content (AvgIpc) is 1.98. The molecule has 0 aromatic heterocycles. The first-order chi connectivity index (χ1) is 5.08. The van der Waals surface area contributed by atoms with Crippen LogP contribution < -0.4 is 0 Å². The minimum Gasteiger partial charge on any atom is -0.374 e. The maximum absolute atomic E-state index is 5.40. The van der Waals surface area contributed by atoms with Crippen molar-refractivity contribution in [3.63, 3.8) is 0 Å². The molecule has 0 saturated heterocycles. The molecule has 0 bridgehead atoms. The Morgan fingerprint density at radius 3 is 2.36 bits per heavy atom. The molecule has 61 valence electrons. The van der Waals surface area contributed by atoms with E-state index in [0.29, 0.717) is 0 Å². The zero-order valence-electron chi connectivity index (χ0n) is 7.64. The van der Waals surface area contributed by atoms with Gasteiger partial charge in [-0.1, -0.05) is 17.7 Å². The fourth-order valence-corrected chi connectivity index (χ4v) is 1.24. The van der Waals surface area contributed by atoms with Crippen molar-refractivity contribution in [2.75, 3.05) is 7.11 Å². The Bertz CT molecular complexity index is 213. The standard InChI is InChI=1S/C10H15O/c1-8-5-6-9(2)10(3,7-8)11-4/h5-7H,1-4H3. The van der Waals surface area contributed by atoms with Gasteiger partial charge in [-0.25, -0.2) is 0 Å². The topological polar surface area (TPSA) is 9.23 Å². The largest absolute Gasteiger partial charge is 0.374 e. The summed E-state index contributed by atoms with van der Waals surface area (Å²) in [5.41, 5.74) is 2.34. The molecule has 0 aromatic rings. The van der Waals surface area contributed by atoms with Gasteiger partial charge in [0.2, 0.25) is 0 Å². The highest BCUT2D eigenvalue weighted by molar-refractivity contribution is 5.38. The van der Waals surface area contributed by atoms with E-state index in [2.05, 4.69) is 39.3 Å². The van der Waals surface area contributed by atoms with Gasteiger partial charge < -0.3 is 4.74 Å². The summed E-state index contributed by atoms with van der Waals surface area (Å²) in [6.07, 6.45) is 6.36. The highest BCUT2D eigenvalue weighted by atomic mass is 16.5. The van der Waals surface area contributed by atoms with Crippen LogP contribution in [0.4, 0.5) is 0 Å². The molecule has 0 amide bonds. The third-order valence-electron chi connectivity index (χ3n) is 2.31. The lowest BCUT2D eigenvalue weighted by atomic mass is 9.85. The zero-order chi connectivity index (χ0) is 8.48. The minimum atomic E-state index is -0.182. The molecule has 1 nitrogen and oxygen atoms in total. The molecule has 1 radical (unpaired) electrons. The van der Waals surface area contributed by atoms with Crippen molar-refractivity contribution in [1.82, 2.24) is 0 Å². The molecule has 1 aliphatic rings. The maximum Gasteiger partial charge on any atom is 0.0931 e. The highest BCUT2D eigenvalue weighted by Gasteiger charge is 2.28. The first-order valence-electron chi connectivity index (χ1n) is 3.85. The van der Waals surface area contributed by atoms with Crippen LogP contribution >= 0.6 is 0 Å². The third-order valence-corrected chi connectivity index (χ3v) is 2.31. The quantitative estimate of drug-likeness (QED) is 0.559. The van der Waals surface area contributed by atoms with Crippen LogP contribution in [-0.4, -0.2) is 12.7 Å². The van der Waals surface area contributed by atoms with Gasteiger partial charge >= 0.3 is 0 Å². The van der Waals surface area contributed by atoms with E-state index < -0.39 is 0 Å². The second-order valence-corrected chi connectivity index (χ2v) is 3.22. The SMILES string of the molecule is COC1(C)[CH]C(C)=CC=C1C. The second-order valence-electron chi connectivity index (χ2n) is 3.22. The normalized spacial score (nSPS) is 31.3. The summed E-state index contributed by atoms with van der Waals surface area (Å²) >= 11 is 0. The molecule has 0 fully saturated rings. The van der Waals surface area contributed by atoms with Crippen LogP contribution in [0.5, 0.6) is 0 Å². The highest BCUT2D eigenvalue weighted by Crippen LogP contribution is 2.30. The summed E-state index contributed by atoms with van der Waals surface area (Å²) < 4.78 is 5.40. The Morgan fingerprint density at radius 1 is 1.27 bits per heavy atom. The van der Waals surface area contributed by atoms with Gasteiger partial charge in [-0.05, 0) is 26.3 Å². The molecule has 0 aliphatic heterocycles. The van der Waals surface area contributed by atoms with E-state index in [0.717, 1.165) is 0 Å². The molecule has 1 rings (SSSR count). The average molecular weight is 151 g/mol. The molecule has 1 unspecified atom stereocenters. The Labute approximate surface area is 68.8 Å². The Morgan fingerprint density at radius 2 is 1.91 bits per heavy atom. The lowest BCUT2D eigenvalue weighted by Gasteiger charge is -2.31. The van der Waals surface area contributed by atoms with E-state index in [4.69, 9.17) is 4.74 Å². The van der Waals surface area contributed by atoms with Gasteiger partial charge in [-0.2, -0.15) is 0 Å². The number of allylic oxidation sites excluding steroid dienone is 2. The second kappa shape index (κ2) is 2.82. The van der Waals surface area contributed by atoms with E-state index in [1.807, 2.05) is 0 Å². The smallest absolute Gasteiger partial charge is 0.0931 e. The summed E-state index contributed by atoms with van der Waals surface area (Å²) in [7, 11) is 1.74. The molecule has 11 heavy (non-hydrogen) atoms. The fourth-order valence-electron chi connectivity index (χ4n) is 1.24. The molecule has 1 aliphatic carbocycles. The fraction of sp³-hybridized carbons (Fsp3) is 0.500. The Kier molecular flexibility index (Phi) is 2.19. The van der Waals surface area contributed by atoms with Crippen molar-refractivity contribution in [2.24, 2.45) is 0 Å². The first-order valence-corrected chi connectivity index (χ1v) is 3.85. The number of hydrogen-bond donors (Lipinski definition) is 0. The van der Waals surface area contributed by atoms with Crippen LogP contribution in [0.25, 0.3) is 0 Å². The summed E-state index contributed by atoms with van der Waals surface area (Å²) in [6.45, 7) is 6.25. The van der Waals surface area contributed by atoms with Crippen LogP contribution in [0.3, 0.4) is 0 Å². The summed E-state index contributed by atoms with van der Waals surface area (Å²) in [5, 5.41) is 0. The molecule has 0 aromatic carbocycles. The van der Waals surface area contributed by atoms with Gasteiger partial charge in [0.15, 0.2) is 0 Å². The van der Waals surface area contributed by atoms with E-state index in [1.165, 1.54) is 11.1 Å². The van der Waals surface area contributed by atoms with Crippen LogP contribution in [0, 0.1) is 6.42 Å². The van der Waals surface area contributed by atoms with E-state index in [9.17, 15) is 0 Å². The van der Waals surface area contributed by atoms with Crippen molar-refractivity contribution in [3.05, 3.63) is 29.7 Å². The van der Waals surface area contributed by atoms with Crippen LogP contribution in [0.2, 0.25) is 0 Å². The van der Waals surface area contributed by atoms with E-state index >= 15 is 0 Å². The monoisotopic (exact) mass is 151 g/mol. The van der Waals surface area contributed by atoms with E-state index in [1.54, 1.807) is 7.11 Å². The maximum atomic E-state index is 5.40. The number of hydrogen-bond acceptors (Lipinski definition) is 1. The lowest BCUT2D eigenvalue weighted by Crippen LogP contribution is -2.31. The molecule has 0 saturated carbocycles. The van der Waals surface area contributed by atoms with Gasteiger partial charge in [0, 0.05) is 13.5 Å². The number of ether oxygens (including phenoxy) is 1. The Hall–Kier alpha value is -0.560. The first kappa shape index (κ1) is 8.54. The van der Waals surface area contributed by atoms with Crippen molar-refractivity contribution < 1.29 is 4.74 Å². The summed E-state index contributed by atoms with van der Waals surface area (Å²) in [4.78, 5) is 0. The van der Waals surface area contributed by atoms with Crippen molar-refractivity contribution in [3.8, 4) is 0 Å². The number of methoxy groups -OCH3 is 1. The van der Waals surface area contributed by atoms with Crippen molar-refractivity contribution in [2.45, 2.75) is 26.4 Å². The zero-order valence-corrected chi connectivity index (χ0v) is 7.64. The van der Waals surface area contributed by atoms with Crippen molar-refractivity contribution >= 4 is 0 Å². The minimum absolute atomic E-state index is 0.182. The van der Waals surface area contributed by atoms with Crippen molar-refractivity contribution in [1.29, 1.82) is 0 Å². The van der Waals surface area contributed by atoms with Gasteiger partial charge in [0.25, 0.3) is 0 Å². The third kappa shape index (κ3) is 1.54. The van der Waals surface area contributed by atoms with Crippen LogP contribution in [0.1, 0.15) is 20.8 Å². The molecular weight excluding hydrogens is 136 g/mol. The van der Waals surface area contributed by atoms with Gasteiger partial charge in [0.1, 0.15) is 0 Å². The summed E-state index contributed by atoms with van der Waals surface area (Å²) in [5.74, 6) is 0. The molecule has 1 atom stereocenters. The van der Waals surface area contributed by atoms with E-state index in [-0.39, 0.29) is 5.60 Å². The van der Waals surface area contributed by atoms with Gasteiger partial charge in [-0.3, -0.25) is 0 Å². The van der Waals surface area contributed by atoms with Gasteiger partial charge in [-0.15, -0.1) is 0 Å².